The van der Waals surface area contributed by atoms with E-state index in [0.29, 0.717) is 5.78 Å². The predicted molar refractivity (Wildman–Crippen MR) is 107 cm³/mol. The average molecular weight is 412 g/mol. The summed E-state index contributed by atoms with van der Waals surface area (Å²) in [5.74, 6) is 0.0967. The van der Waals surface area contributed by atoms with Crippen LogP contribution in [0, 0.1) is 6.92 Å². The Hall–Kier alpha value is -3.11. The zero-order chi connectivity index (χ0) is 20.4. The van der Waals surface area contributed by atoms with Crippen molar-refractivity contribution in [1.82, 2.24) is 28.8 Å². The van der Waals surface area contributed by atoms with Crippen molar-refractivity contribution in [2.75, 3.05) is 26.2 Å². The van der Waals surface area contributed by atoms with Gasteiger partial charge in [0, 0.05) is 43.5 Å². The van der Waals surface area contributed by atoms with Crippen LogP contribution in [-0.2, 0) is 10.0 Å². The minimum absolute atomic E-state index is 0.0621. The molecule has 29 heavy (non-hydrogen) atoms. The number of carbonyl (C=O) groups excluding carboxylic acids is 1. The van der Waals surface area contributed by atoms with Gasteiger partial charge in [-0.15, -0.1) is 5.10 Å². The van der Waals surface area contributed by atoms with Gasteiger partial charge in [0.15, 0.2) is 0 Å². The molecular weight excluding hydrogens is 392 g/mol. The second kappa shape index (κ2) is 7.72. The third-order valence-corrected chi connectivity index (χ3v) is 6.30. The number of aromatic nitrogens is 4. The van der Waals surface area contributed by atoms with Crippen LogP contribution in [-0.4, -0.2) is 69.3 Å². The Kier molecular flexibility index (Phi) is 5.12. The number of hydrogen-bond acceptors (Lipinski definition) is 6. The van der Waals surface area contributed by atoms with E-state index in [2.05, 4.69) is 15.1 Å². The number of piperazine rings is 1. The van der Waals surface area contributed by atoms with Gasteiger partial charge in [0.1, 0.15) is 0 Å². The Balaban J connectivity index is 1.42. The van der Waals surface area contributed by atoms with Crippen LogP contribution in [0.1, 0.15) is 21.9 Å². The standard InChI is InChI=1S/C19H20N6O3S/c1-15-7-9-20-19-21-17(22-25(15)19)18(26)23-10-12-24(13-11-23)29(27,28)14-8-16-5-3-2-4-6-16/h2-9,14H,10-13H2,1H3/b14-8+. The van der Waals surface area contributed by atoms with Crippen molar-refractivity contribution in [2.24, 2.45) is 0 Å². The highest BCUT2D eigenvalue weighted by Gasteiger charge is 2.29. The second-order valence-corrected chi connectivity index (χ2v) is 8.50. The minimum atomic E-state index is -3.55. The van der Waals surface area contributed by atoms with E-state index in [1.165, 1.54) is 14.2 Å². The van der Waals surface area contributed by atoms with Crippen molar-refractivity contribution >= 4 is 27.8 Å². The maximum Gasteiger partial charge on any atom is 0.293 e. The SMILES string of the molecule is Cc1ccnc2nc(C(=O)N3CCN(S(=O)(=O)/C=C/c4ccccc4)CC3)nn12. The minimum Gasteiger partial charge on any atom is -0.333 e. The van der Waals surface area contributed by atoms with E-state index in [0.717, 1.165) is 11.3 Å². The number of benzene rings is 1. The first-order chi connectivity index (χ1) is 13.9. The molecule has 3 aromatic rings. The molecule has 1 amide bonds. The van der Waals surface area contributed by atoms with Crippen LogP contribution in [0.2, 0.25) is 0 Å². The molecule has 0 radical (unpaired) electrons. The van der Waals surface area contributed by atoms with Gasteiger partial charge in [-0.1, -0.05) is 30.3 Å². The van der Waals surface area contributed by atoms with Crippen LogP contribution >= 0.6 is 0 Å². The summed E-state index contributed by atoms with van der Waals surface area (Å²) >= 11 is 0. The summed E-state index contributed by atoms with van der Waals surface area (Å²) in [5.41, 5.74) is 1.63. The largest absolute Gasteiger partial charge is 0.333 e. The lowest BCUT2D eigenvalue weighted by Gasteiger charge is -2.32. The fourth-order valence-electron chi connectivity index (χ4n) is 3.10. The van der Waals surface area contributed by atoms with Crippen molar-refractivity contribution in [3.05, 3.63) is 65.1 Å². The molecule has 0 atom stereocenters. The molecule has 0 bridgehead atoms. The Morgan fingerprint density at radius 1 is 1.07 bits per heavy atom. The van der Waals surface area contributed by atoms with Crippen LogP contribution in [0.3, 0.4) is 0 Å². The molecule has 1 saturated heterocycles. The van der Waals surface area contributed by atoms with Gasteiger partial charge in [-0.05, 0) is 24.6 Å². The van der Waals surface area contributed by atoms with Crippen LogP contribution in [0.15, 0.2) is 48.0 Å². The Bertz CT molecular complexity index is 1170. The molecule has 0 spiro atoms. The molecule has 0 saturated carbocycles. The molecule has 1 aromatic carbocycles. The highest BCUT2D eigenvalue weighted by molar-refractivity contribution is 7.92. The summed E-state index contributed by atoms with van der Waals surface area (Å²) < 4.78 is 28.0. The van der Waals surface area contributed by atoms with Gasteiger partial charge < -0.3 is 4.90 Å². The quantitative estimate of drug-likeness (QED) is 0.638. The lowest BCUT2D eigenvalue weighted by atomic mass is 10.2. The van der Waals surface area contributed by atoms with Crippen LogP contribution in [0.5, 0.6) is 0 Å². The first kappa shape index (κ1) is 19.2. The van der Waals surface area contributed by atoms with Crippen molar-refractivity contribution in [1.29, 1.82) is 0 Å². The third-order valence-electron chi connectivity index (χ3n) is 4.74. The van der Waals surface area contributed by atoms with E-state index < -0.39 is 10.0 Å². The predicted octanol–water partition coefficient (Wildman–Crippen LogP) is 1.19. The first-order valence-corrected chi connectivity index (χ1v) is 10.7. The molecule has 150 valence electrons. The lowest BCUT2D eigenvalue weighted by Crippen LogP contribution is -2.50. The van der Waals surface area contributed by atoms with E-state index in [1.807, 2.05) is 37.3 Å². The van der Waals surface area contributed by atoms with E-state index in [1.54, 1.807) is 23.2 Å². The van der Waals surface area contributed by atoms with Crippen molar-refractivity contribution in [2.45, 2.75) is 6.92 Å². The van der Waals surface area contributed by atoms with Gasteiger partial charge in [0.05, 0.1) is 0 Å². The second-order valence-electron chi connectivity index (χ2n) is 6.68. The van der Waals surface area contributed by atoms with E-state index in [9.17, 15) is 13.2 Å². The van der Waals surface area contributed by atoms with Crippen LogP contribution in [0.4, 0.5) is 0 Å². The van der Waals surface area contributed by atoms with Crippen molar-refractivity contribution < 1.29 is 13.2 Å². The van der Waals surface area contributed by atoms with E-state index >= 15 is 0 Å². The number of hydrogen-bond donors (Lipinski definition) is 0. The average Bonchev–Trinajstić information content (AvgIpc) is 3.18. The number of sulfonamides is 1. The number of carbonyl (C=O) groups is 1. The summed E-state index contributed by atoms with van der Waals surface area (Å²) in [7, 11) is -3.55. The van der Waals surface area contributed by atoms with E-state index in [4.69, 9.17) is 0 Å². The number of rotatable bonds is 4. The first-order valence-electron chi connectivity index (χ1n) is 9.15. The zero-order valence-corrected chi connectivity index (χ0v) is 16.7. The molecule has 9 nitrogen and oxygen atoms in total. The molecule has 1 fully saturated rings. The van der Waals surface area contributed by atoms with Gasteiger partial charge in [-0.25, -0.2) is 17.9 Å². The molecule has 0 unspecified atom stereocenters. The third kappa shape index (κ3) is 4.03. The Labute approximate surface area is 168 Å². The van der Waals surface area contributed by atoms with Gasteiger partial charge in [-0.3, -0.25) is 4.79 Å². The smallest absolute Gasteiger partial charge is 0.293 e. The molecule has 1 aliphatic heterocycles. The number of aryl methyl sites for hydroxylation is 1. The Morgan fingerprint density at radius 2 is 1.79 bits per heavy atom. The summed E-state index contributed by atoms with van der Waals surface area (Å²) in [6.45, 7) is 2.85. The number of nitrogens with zero attached hydrogens (tertiary/aromatic N) is 6. The van der Waals surface area contributed by atoms with E-state index in [-0.39, 0.29) is 37.9 Å². The summed E-state index contributed by atoms with van der Waals surface area (Å²) in [6.07, 6.45) is 3.18. The van der Waals surface area contributed by atoms with Crippen LogP contribution in [0.25, 0.3) is 11.9 Å². The van der Waals surface area contributed by atoms with Gasteiger partial charge in [0.25, 0.3) is 11.7 Å². The summed E-state index contributed by atoms with van der Waals surface area (Å²) in [4.78, 5) is 22.6. The Morgan fingerprint density at radius 3 is 2.48 bits per heavy atom. The summed E-state index contributed by atoms with van der Waals surface area (Å²) in [5, 5.41) is 5.43. The molecular formula is C19H20N6O3S. The van der Waals surface area contributed by atoms with Crippen molar-refractivity contribution in [3.63, 3.8) is 0 Å². The zero-order valence-electron chi connectivity index (χ0n) is 15.8. The van der Waals surface area contributed by atoms with Gasteiger partial charge in [-0.2, -0.15) is 9.29 Å². The molecule has 4 rings (SSSR count). The lowest BCUT2D eigenvalue weighted by molar-refractivity contribution is 0.0686. The fourth-order valence-corrected chi connectivity index (χ4v) is 4.27. The van der Waals surface area contributed by atoms with Crippen LogP contribution < -0.4 is 0 Å². The molecule has 3 heterocycles. The van der Waals surface area contributed by atoms with Gasteiger partial charge >= 0.3 is 0 Å². The maximum atomic E-state index is 12.7. The molecule has 1 aliphatic rings. The topological polar surface area (TPSA) is 101 Å². The molecule has 0 aliphatic carbocycles. The molecule has 2 aromatic heterocycles. The fraction of sp³-hybridized carbons (Fsp3) is 0.263. The molecule has 10 heteroatoms. The highest BCUT2D eigenvalue weighted by Crippen LogP contribution is 2.13. The van der Waals surface area contributed by atoms with Gasteiger partial charge in [0.2, 0.25) is 15.8 Å². The molecule has 0 N–H and O–H groups in total. The van der Waals surface area contributed by atoms with Crippen molar-refractivity contribution in [3.8, 4) is 0 Å². The maximum absolute atomic E-state index is 12.7. The highest BCUT2D eigenvalue weighted by atomic mass is 32.2. The monoisotopic (exact) mass is 412 g/mol. The number of fused-ring (bicyclic) bond motifs is 1. The normalized spacial score (nSPS) is 16.0. The summed E-state index contributed by atoms with van der Waals surface area (Å²) in [6, 6.07) is 11.0. The number of amides is 1.